The third kappa shape index (κ3) is 1.64. The van der Waals surface area contributed by atoms with Crippen LogP contribution < -0.4 is 0 Å². The molecule has 0 atom stereocenters. The van der Waals surface area contributed by atoms with Crippen molar-refractivity contribution < 1.29 is 5.11 Å². The number of hydrogen-bond acceptors (Lipinski definition) is 3. The summed E-state index contributed by atoms with van der Waals surface area (Å²) in [4.78, 5) is 8.54. The predicted octanol–water partition coefficient (Wildman–Crippen LogP) is 1.38. The second-order valence-electron chi connectivity index (χ2n) is 3.37. The highest BCUT2D eigenvalue weighted by Crippen LogP contribution is 2.15. The maximum absolute atomic E-state index is 9.11. The summed E-state index contributed by atoms with van der Waals surface area (Å²) in [5.74, 6) is 1.68. The fourth-order valence-corrected chi connectivity index (χ4v) is 1.67. The van der Waals surface area contributed by atoms with Crippen LogP contribution in [0.3, 0.4) is 0 Å². The molecule has 2 aromatic heterocycles. The molecule has 0 aromatic carbocycles. The zero-order valence-corrected chi connectivity index (χ0v) is 8.81. The highest BCUT2D eigenvalue weighted by Gasteiger charge is 2.11. The lowest BCUT2D eigenvalue weighted by Gasteiger charge is -2.05. The predicted molar refractivity (Wildman–Crippen MR) is 56.8 cm³/mol. The number of aryl methyl sites for hydroxylation is 1. The van der Waals surface area contributed by atoms with Gasteiger partial charge in [-0.2, -0.15) is 0 Å². The molecule has 2 rings (SSSR count). The van der Waals surface area contributed by atoms with E-state index in [0.717, 1.165) is 17.3 Å². The lowest BCUT2D eigenvalue weighted by atomic mass is 10.3. The molecule has 0 aliphatic heterocycles. The maximum atomic E-state index is 9.11. The molecule has 0 saturated heterocycles. The molecule has 0 radical (unpaired) electrons. The summed E-state index contributed by atoms with van der Waals surface area (Å²) in [5, 5.41) is 9.11. The number of imidazole rings is 1. The molecule has 2 aromatic rings. The SMILES string of the molecule is Cc1nc(CO)c(C)n1-c1ccccn1. The summed E-state index contributed by atoms with van der Waals surface area (Å²) in [6.45, 7) is 3.80. The van der Waals surface area contributed by atoms with Gasteiger partial charge in [0.15, 0.2) is 0 Å². The summed E-state index contributed by atoms with van der Waals surface area (Å²) >= 11 is 0. The maximum Gasteiger partial charge on any atom is 0.138 e. The Balaban J connectivity index is 2.58. The standard InChI is InChI=1S/C11H13N3O/c1-8-10(7-15)13-9(2)14(8)11-5-3-4-6-12-11/h3-6,15H,7H2,1-2H3. The molecule has 0 unspecified atom stereocenters. The number of hydrogen-bond donors (Lipinski definition) is 1. The minimum atomic E-state index is -0.0352. The third-order valence-corrected chi connectivity index (χ3v) is 2.40. The Morgan fingerprint density at radius 3 is 2.67 bits per heavy atom. The number of pyridine rings is 1. The third-order valence-electron chi connectivity index (χ3n) is 2.40. The van der Waals surface area contributed by atoms with Crippen LogP contribution in [0.2, 0.25) is 0 Å². The van der Waals surface area contributed by atoms with Crippen LogP contribution in [-0.4, -0.2) is 19.6 Å². The van der Waals surface area contributed by atoms with Crippen LogP contribution in [0.5, 0.6) is 0 Å². The first-order chi connectivity index (χ1) is 7.24. The van der Waals surface area contributed by atoms with Crippen LogP contribution in [-0.2, 0) is 6.61 Å². The molecule has 0 amide bonds. The molecule has 0 saturated carbocycles. The molecular formula is C11H13N3O. The van der Waals surface area contributed by atoms with E-state index in [-0.39, 0.29) is 6.61 Å². The number of aromatic nitrogens is 3. The second-order valence-corrected chi connectivity index (χ2v) is 3.37. The zero-order valence-electron chi connectivity index (χ0n) is 8.81. The fraction of sp³-hybridized carbons (Fsp3) is 0.273. The highest BCUT2D eigenvalue weighted by molar-refractivity contribution is 5.30. The van der Waals surface area contributed by atoms with E-state index in [1.54, 1.807) is 6.20 Å². The molecule has 4 nitrogen and oxygen atoms in total. The molecule has 0 aliphatic rings. The molecule has 0 bridgehead atoms. The monoisotopic (exact) mass is 203 g/mol. The van der Waals surface area contributed by atoms with E-state index in [1.807, 2.05) is 36.6 Å². The van der Waals surface area contributed by atoms with Gasteiger partial charge < -0.3 is 5.11 Å². The first kappa shape index (κ1) is 9.86. The van der Waals surface area contributed by atoms with Crippen molar-refractivity contribution in [2.45, 2.75) is 20.5 Å². The van der Waals surface area contributed by atoms with Crippen molar-refractivity contribution in [1.29, 1.82) is 0 Å². The van der Waals surface area contributed by atoms with E-state index in [2.05, 4.69) is 9.97 Å². The van der Waals surface area contributed by atoms with Crippen LogP contribution in [0.15, 0.2) is 24.4 Å². The Labute approximate surface area is 88.2 Å². The van der Waals surface area contributed by atoms with E-state index in [9.17, 15) is 0 Å². The van der Waals surface area contributed by atoms with Crippen molar-refractivity contribution in [3.8, 4) is 5.82 Å². The van der Waals surface area contributed by atoms with Crippen LogP contribution in [0.4, 0.5) is 0 Å². The van der Waals surface area contributed by atoms with Gasteiger partial charge in [0.1, 0.15) is 11.6 Å². The minimum absolute atomic E-state index is 0.0352. The van der Waals surface area contributed by atoms with Gasteiger partial charge in [0.05, 0.1) is 12.3 Å². The summed E-state index contributed by atoms with van der Waals surface area (Å²) in [5.41, 5.74) is 1.65. The Morgan fingerprint density at radius 2 is 2.13 bits per heavy atom. The molecular weight excluding hydrogens is 190 g/mol. The van der Waals surface area contributed by atoms with Gasteiger partial charge in [0.25, 0.3) is 0 Å². The number of aliphatic hydroxyl groups excluding tert-OH is 1. The Morgan fingerprint density at radius 1 is 1.33 bits per heavy atom. The lowest BCUT2D eigenvalue weighted by Crippen LogP contribution is -2.01. The summed E-state index contributed by atoms with van der Waals surface area (Å²) in [6, 6.07) is 5.72. The zero-order chi connectivity index (χ0) is 10.8. The van der Waals surface area contributed by atoms with E-state index in [1.165, 1.54) is 0 Å². The molecule has 15 heavy (non-hydrogen) atoms. The molecule has 0 fully saturated rings. The van der Waals surface area contributed by atoms with Gasteiger partial charge in [0, 0.05) is 11.9 Å². The molecule has 0 aliphatic carbocycles. The molecule has 1 N–H and O–H groups in total. The summed E-state index contributed by atoms with van der Waals surface area (Å²) < 4.78 is 1.94. The average molecular weight is 203 g/mol. The highest BCUT2D eigenvalue weighted by atomic mass is 16.3. The van der Waals surface area contributed by atoms with Gasteiger partial charge in [-0.1, -0.05) is 6.07 Å². The van der Waals surface area contributed by atoms with Crippen LogP contribution >= 0.6 is 0 Å². The quantitative estimate of drug-likeness (QED) is 0.802. The molecule has 4 heteroatoms. The van der Waals surface area contributed by atoms with Gasteiger partial charge in [-0.25, -0.2) is 9.97 Å². The van der Waals surface area contributed by atoms with Crippen LogP contribution in [0.1, 0.15) is 17.2 Å². The first-order valence-corrected chi connectivity index (χ1v) is 4.81. The number of nitrogens with zero attached hydrogens (tertiary/aromatic N) is 3. The van der Waals surface area contributed by atoms with Crippen molar-refractivity contribution in [3.63, 3.8) is 0 Å². The van der Waals surface area contributed by atoms with Gasteiger partial charge in [-0.3, -0.25) is 4.57 Å². The topological polar surface area (TPSA) is 50.9 Å². The van der Waals surface area contributed by atoms with Crippen molar-refractivity contribution in [1.82, 2.24) is 14.5 Å². The largest absolute Gasteiger partial charge is 0.390 e. The van der Waals surface area contributed by atoms with Gasteiger partial charge >= 0.3 is 0 Å². The fourth-order valence-electron chi connectivity index (χ4n) is 1.67. The van der Waals surface area contributed by atoms with Gasteiger partial charge in [0.2, 0.25) is 0 Å². The van der Waals surface area contributed by atoms with Gasteiger partial charge in [-0.15, -0.1) is 0 Å². The minimum Gasteiger partial charge on any atom is -0.390 e. The molecule has 2 heterocycles. The van der Waals surface area contributed by atoms with Crippen LogP contribution in [0, 0.1) is 13.8 Å². The summed E-state index contributed by atoms with van der Waals surface area (Å²) in [7, 11) is 0. The van der Waals surface area contributed by atoms with E-state index >= 15 is 0 Å². The Bertz CT molecular complexity index is 462. The van der Waals surface area contributed by atoms with Crippen LogP contribution in [0.25, 0.3) is 5.82 Å². The molecule has 78 valence electrons. The van der Waals surface area contributed by atoms with Gasteiger partial charge in [-0.05, 0) is 26.0 Å². The molecule has 0 spiro atoms. The van der Waals surface area contributed by atoms with E-state index < -0.39 is 0 Å². The second kappa shape index (κ2) is 3.82. The van der Waals surface area contributed by atoms with Crippen molar-refractivity contribution >= 4 is 0 Å². The Kier molecular flexibility index (Phi) is 2.51. The van der Waals surface area contributed by atoms with E-state index in [4.69, 9.17) is 5.11 Å². The van der Waals surface area contributed by atoms with Crippen molar-refractivity contribution in [2.75, 3.05) is 0 Å². The Hall–Kier alpha value is -1.68. The van der Waals surface area contributed by atoms with E-state index in [0.29, 0.717) is 5.69 Å². The van der Waals surface area contributed by atoms with Crippen molar-refractivity contribution in [2.24, 2.45) is 0 Å². The lowest BCUT2D eigenvalue weighted by molar-refractivity contribution is 0.276. The number of aliphatic hydroxyl groups is 1. The van der Waals surface area contributed by atoms with Crippen molar-refractivity contribution in [3.05, 3.63) is 41.6 Å². The average Bonchev–Trinajstić information content (AvgIpc) is 2.55. The summed E-state index contributed by atoms with van der Waals surface area (Å²) in [6.07, 6.45) is 1.74. The number of rotatable bonds is 2. The first-order valence-electron chi connectivity index (χ1n) is 4.81. The normalized spacial score (nSPS) is 10.6. The smallest absolute Gasteiger partial charge is 0.138 e.